The summed E-state index contributed by atoms with van der Waals surface area (Å²) in [6, 6.07) is 0. The Balaban J connectivity index is 1.45. The zero-order valence-electron chi connectivity index (χ0n) is 12.1. The van der Waals surface area contributed by atoms with Crippen LogP contribution in [-0.2, 0) is 0 Å². The Morgan fingerprint density at radius 2 is 1.10 bits per heavy atom. The predicted molar refractivity (Wildman–Crippen MR) is 90.6 cm³/mol. The minimum absolute atomic E-state index is 0.286. The van der Waals surface area contributed by atoms with Gasteiger partial charge in [-0.25, -0.2) is 0 Å². The first-order valence-electron chi connectivity index (χ1n) is 8.22. The molecule has 112 valence electrons. The molecular formula is C19H22Cl2. The summed E-state index contributed by atoms with van der Waals surface area (Å²) >= 11 is 13.5. The maximum atomic E-state index is 6.77. The van der Waals surface area contributed by atoms with Crippen LogP contribution in [0.5, 0.6) is 0 Å². The molecule has 0 amide bonds. The van der Waals surface area contributed by atoms with Crippen molar-refractivity contribution in [2.75, 3.05) is 0 Å². The lowest BCUT2D eigenvalue weighted by atomic mass is 9.90. The Kier molecular flexibility index (Phi) is 3.79. The SMILES string of the molecule is ClC1C(CC2CC3C=CC=CC3C2Cl)CC2C=CC=CC21. The van der Waals surface area contributed by atoms with Crippen LogP contribution >= 0.6 is 23.2 Å². The van der Waals surface area contributed by atoms with Gasteiger partial charge in [0, 0.05) is 22.6 Å². The van der Waals surface area contributed by atoms with Crippen molar-refractivity contribution in [1.82, 2.24) is 0 Å². The normalized spacial score (nSPS) is 50.4. The van der Waals surface area contributed by atoms with Gasteiger partial charge < -0.3 is 0 Å². The average Bonchev–Trinajstić information content (AvgIpc) is 2.99. The van der Waals surface area contributed by atoms with E-state index in [1.807, 2.05) is 0 Å². The molecule has 0 bridgehead atoms. The molecule has 8 unspecified atom stereocenters. The third-order valence-electron chi connectivity index (χ3n) is 5.99. The molecule has 0 heterocycles. The van der Waals surface area contributed by atoms with Gasteiger partial charge in [0.2, 0.25) is 0 Å². The molecule has 4 aliphatic rings. The summed E-state index contributed by atoms with van der Waals surface area (Å²) in [4.78, 5) is 0. The fraction of sp³-hybridized carbons (Fsp3) is 0.579. The molecule has 0 nitrogen and oxygen atoms in total. The highest BCUT2D eigenvalue weighted by Gasteiger charge is 2.45. The van der Waals surface area contributed by atoms with Crippen molar-refractivity contribution in [3.05, 3.63) is 48.6 Å². The van der Waals surface area contributed by atoms with Crippen molar-refractivity contribution in [2.45, 2.75) is 30.0 Å². The van der Waals surface area contributed by atoms with Crippen LogP contribution in [0.1, 0.15) is 19.3 Å². The molecule has 0 aromatic rings. The Morgan fingerprint density at radius 3 is 1.52 bits per heavy atom. The highest BCUT2D eigenvalue weighted by molar-refractivity contribution is 6.22. The van der Waals surface area contributed by atoms with Crippen LogP contribution in [0.3, 0.4) is 0 Å². The van der Waals surface area contributed by atoms with Crippen LogP contribution < -0.4 is 0 Å². The molecule has 0 radical (unpaired) electrons. The summed E-state index contributed by atoms with van der Waals surface area (Å²) < 4.78 is 0. The average molecular weight is 321 g/mol. The molecule has 4 aliphatic carbocycles. The Morgan fingerprint density at radius 1 is 0.667 bits per heavy atom. The number of allylic oxidation sites excluding steroid dienone is 8. The van der Waals surface area contributed by atoms with Crippen LogP contribution in [0, 0.1) is 35.5 Å². The van der Waals surface area contributed by atoms with Crippen molar-refractivity contribution in [3.63, 3.8) is 0 Å². The molecule has 0 aromatic carbocycles. The second-order valence-electron chi connectivity index (χ2n) is 7.14. The van der Waals surface area contributed by atoms with Crippen molar-refractivity contribution in [2.24, 2.45) is 35.5 Å². The summed E-state index contributed by atoms with van der Waals surface area (Å²) in [6.07, 6.45) is 21.6. The lowest BCUT2D eigenvalue weighted by molar-refractivity contribution is 0.375. The van der Waals surface area contributed by atoms with Gasteiger partial charge in [-0.15, -0.1) is 23.2 Å². The number of hydrogen-bond donors (Lipinski definition) is 0. The van der Waals surface area contributed by atoms with Gasteiger partial charge >= 0.3 is 0 Å². The van der Waals surface area contributed by atoms with E-state index < -0.39 is 0 Å². The maximum absolute atomic E-state index is 6.77. The molecule has 0 spiro atoms. The predicted octanol–water partition coefficient (Wildman–Crippen LogP) is 5.35. The van der Waals surface area contributed by atoms with Gasteiger partial charge in [-0.3, -0.25) is 0 Å². The third kappa shape index (κ3) is 2.45. The highest BCUT2D eigenvalue weighted by atomic mass is 35.5. The smallest absolute Gasteiger partial charge is 0.0432 e. The fourth-order valence-electron chi connectivity index (χ4n) is 4.93. The molecule has 0 aliphatic heterocycles. The van der Waals surface area contributed by atoms with Crippen molar-refractivity contribution in [3.8, 4) is 0 Å². The van der Waals surface area contributed by atoms with Crippen molar-refractivity contribution >= 4 is 23.2 Å². The topological polar surface area (TPSA) is 0 Å². The molecule has 0 aromatic heterocycles. The van der Waals surface area contributed by atoms with Crippen LogP contribution in [0.2, 0.25) is 0 Å². The van der Waals surface area contributed by atoms with Crippen molar-refractivity contribution < 1.29 is 0 Å². The Labute approximate surface area is 137 Å². The Hall–Kier alpha value is -0.460. The van der Waals surface area contributed by atoms with E-state index in [1.165, 1.54) is 19.3 Å². The number of halogens is 2. The monoisotopic (exact) mass is 320 g/mol. The third-order valence-corrected chi connectivity index (χ3v) is 7.28. The number of fused-ring (bicyclic) bond motifs is 2. The van der Waals surface area contributed by atoms with E-state index in [-0.39, 0.29) is 10.8 Å². The lowest BCUT2D eigenvalue weighted by Crippen LogP contribution is -2.22. The van der Waals surface area contributed by atoms with E-state index >= 15 is 0 Å². The van der Waals surface area contributed by atoms with Gasteiger partial charge in [0.15, 0.2) is 0 Å². The standard InChI is InChI=1S/C19H22Cl2/c20-18-14(9-12-5-1-3-7-16(12)18)11-15-10-13-6-2-4-8-17(13)19(15)21/h1-8,12-19H,9-11H2. The molecule has 4 rings (SSSR count). The molecule has 2 saturated carbocycles. The van der Waals surface area contributed by atoms with Crippen LogP contribution in [0.15, 0.2) is 48.6 Å². The lowest BCUT2D eigenvalue weighted by Gasteiger charge is -2.23. The van der Waals surface area contributed by atoms with Crippen LogP contribution in [0.25, 0.3) is 0 Å². The minimum atomic E-state index is 0.286. The van der Waals surface area contributed by atoms with Gasteiger partial charge in [-0.1, -0.05) is 48.6 Å². The van der Waals surface area contributed by atoms with E-state index in [0.717, 1.165) is 0 Å². The summed E-state index contributed by atoms with van der Waals surface area (Å²) in [7, 11) is 0. The molecular weight excluding hydrogens is 299 g/mol. The first-order chi connectivity index (χ1) is 10.2. The minimum Gasteiger partial charge on any atom is -0.122 e. The zero-order valence-corrected chi connectivity index (χ0v) is 13.6. The molecule has 0 N–H and O–H groups in total. The van der Waals surface area contributed by atoms with Crippen LogP contribution in [0.4, 0.5) is 0 Å². The Bertz CT molecular complexity index is 470. The van der Waals surface area contributed by atoms with Crippen LogP contribution in [-0.4, -0.2) is 10.8 Å². The van der Waals surface area contributed by atoms with E-state index in [4.69, 9.17) is 23.2 Å². The van der Waals surface area contributed by atoms with E-state index in [1.54, 1.807) is 0 Å². The first-order valence-corrected chi connectivity index (χ1v) is 9.09. The van der Waals surface area contributed by atoms with Gasteiger partial charge in [0.1, 0.15) is 0 Å². The van der Waals surface area contributed by atoms with Gasteiger partial charge in [0.05, 0.1) is 0 Å². The molecule has 21 heavy (non-hydrogen) atoms. The van der Waals surface area contributed by atoms with Gasteiger partial charge in [-0.2, -0.15) is 0 Å². The van der Waals surface area contributed by atoms with Gasteiger partial charge in [-0.05, 0) is 42.9 Å². The molecule has 8 atom stereocenters. The quantitative estimate of drug-likeness (QED) is 0.602. The summed E-state index contributed by atoms with van der Waals surface area (Å²) in [5, 5.41) is 0.572. The second kappa shape index (κ2) is 5.63. The summed E-state index contributed by atoms with van der Waals surface area (Å²) in [5.74, 6) is 3.62. The number of alkyl halides is 2. The van der Waals surface area contributed by atoms with Crippen molar-refractivity contribution in [1.29, 1.82) is 0 Å². The maximum Gasteiger partial charge on any atom is 0.0432 e. The first kappa shape index (κ1) is 14.2. The van der Waals surface area contributed by atoms with E-state index in [0.29, 0.717) is 35.5 Å². The fourth-order valence-corrected chi connectivity index (χ4v) is 5.88. The number of rotatable bonds is 2. The van der Waals surface area contributed by atoms with E-state index in [2.05, 4.69) is 48.6 Å². The number of hydrogen-bond acceptors (Lipinski definition) is 0. The second-order valence-corrected chi connectivity index (χ2v) is 8.15. The highest BCUT2D eigenvalue weighted by Crippen LogP contribution is 2.51. The largest absolute Gasteiger partial charge is 0.122 e. The van der Waals surface area contributed by atoms with Gasteiger partial charge in [0.25, 0.3) is 0 Å². The van der Waals surface area contributed by atoms with E-state index in [9.17, 15) is 0 Å². The molecule has 2 heteroatoms. The zero-order chi connectivity index (χ0) is 14.4. The summed E-state index contributed by atoms with van der Waals surface area (Å²) in [5.41, 5.74) is 0. The summed E-state index contributed by atoms with van der Waals surface area (Å²) in [6.45, 7) is 0. The molecule has 0 saturated heterocycles. The molecule has 2 fully saturated rings.